The Bertz CT molecular complexity index is 630. The zero-order valence-electron chi connectivity index (χ0n) is 14.8. The lowest BCUT2D eigenvalue weighted by Crippen LogP contribution is -2.74. The van der Waals surface area contributed by atoms with Crippen LogP contribution in [0, 0.1) is 11.3 Å². The minimum absolute atomic E-state index is 0.124. The minimum Gasteiger partial charge on any atom is -0.454 e. The van der Waals surface area contributed by atoms with Crippen LogP contribution in [0.3, 0.4) is 0 Å². The summed E-state index contributed by atoms with van der Waals surface area (Å²) in [5.74, 6) is -0.684. The minimum atomic E-state index is -0.796. The van der Waals surface area contributed by atoms with Crippen LogP contribution >= 0.6 is 0 Å². The van der Waals surface area contributed by atoms with Crippen LogP contribution < -0.4 is 0 Å². The van der Waals surface area contributed by atoms with Gasteiger partial charge in [-0.1, -0.05) is 43.3 Å². The van der Waals surface area contributed by atoms with Crippen LogP contribution in [0.5, 0.6) is 0 Å². The predicted molar refractivity (Wildman–Crippen MR) is 92.8 cm³/mol. The molecule has 1 aromatic carbocycles. The largest absolute Gasteiger partial charge is 0.454 e. The van der Waals surface area contributed by atoms with Crippen molar-refractivity contribution in [2.24, 2.45) is 11.3 Å². The van der Waals surface area contributed by atoms with Crippen molar-refractivity contribution >= 4 is 5.97 Å². The molecule has 136 valence electrons. The zero-order chi connectivity index (χ0) is 18.1. The maximum atomic E-state index is 11.6. The van der Waals surface area contributed by atoms with E-state index in [0.29, 0.717) is 19.6 Å². The van der Waals surface area contributed by atoms with Gasteiger partial charge in [-0.3, -0.25) is 4.79 Å². The first-order chi connectivity index (χ1) is 12.0. The van der Waals surface area contributed by atoms with Gasteiger partial charge in [0.05, 0.1) is 25.9 Å². The molecular weight excluding hydrogens is 320 g/mol. The molecule has 0 amide bonds. The van der Waals surface area contributed by atoms with E-state index in [1.54, 1.807) is 0 Å². The van der Waals surface area contributed by atoms with Gasteiger partial charge in [0.2, 0.25) is 0 Å². The number of hydrogen-bond donors (Lipinski definition) is 1. The standard InChI is InChI=1S/C20H26O5/c1-4-19(3)16(11-21)20(25-14(2)22)13-24-18(20)10-17(19)23-12-15-8-6-5-7-9-15/h4-9,16-18,21H,1,10-13H2,2-3H3/t16-,17-,18+,19-,20+/m0/s1. The number of aliphatic hydroxyl groups is 1. The van der Waals surface area contributed by atoms with Crippen molar-refractivity contribution in [2.45, 2.75) is 44.7 Å². The quantitative estimate of drug-likeness (QED) is 0.633. The summed E-state index contributed by atoms with van der Waals surface area (Å²) in [5, 5.41) is 10.1. The van der Waals surface area contributed by atoms with E-state index in [4.69, 9.17) is 14.2 Å². The van der Waals surface area contributed by atoms with Crippen molar-refractivity contribution in [3.8, 4) is 0 Å². The average Bonchev–Trinajstić information content (AvgIpc) is 2.59. The van der Waals surface area contributed by atoms with Gasteiger partial charge in [-0.25, -0.2) is 0 Å². The summed E-state index contributed by atoms with van der Waals surface area (Å²) in [7, 11) is 0. The number of esters is 1. The second kappa shape index (κ2) is 6.90. The third-order valence-electron chi connectivity index (χ3n) is 5.77. The molecule has 5 heteroatoms. The van der Waals surface area contributed by atoms with E-state index in [2.05, 4.69) is 6.58 Å². The second-order valence-corrected chi connectivity index (χ2v) is 7.17. The molecule has 1 heterocycles. The molecule has 25 heavy (non-hydrogen) atoms. The Morgan fingerprint density at radius 1 is 1.44 bits per heavy atom. The van der Waals surface area contributed by atoms with Gasteiger partial charge in [0, 0.05) is 24.7 Å². The summed E-state index contributed by atoms with van der Waals surface area (Å²) in [6.45, 7) is 8.03. The Hall–Kier alpha value is -1.69. The highest BCUT2D eigenvalue weighted by atomic mass is 16.6. The van der Waals surface area contributed by atoms with Crippen molar-refractivity contribution < 1.29 is 24.1 Å². The molecule has 0 aromatic heterocycles. The number of carbonyl (C=O) groups excluding carboxylic acids is 1. The molecule has 0 bridgehead atoms. The van der Waals surface area contributed by atoms with Crippen LogP contribution in [-0.4, -0.2) is 42.1 Å². The SMILES string of the molecule is C=C[C@]1(C)[C@@H](OCc2ccccc2)C[C@H]2OC[C@@]2(OC(C)=O)[C@H]1CO. The van der Waals surface area contributed by atoms with Crippen LogP contribution in [0.4, 0.5) is 0 Å². The van der Waals surface area contributed by atoms with E-state index in [1.807, 2.05) is 43.3 Å². The number of fused-ring (bicyclic) bond motifs is 1. The third kappa shape index (κ3) is 3.01. The maximum Gasteiger partial charge on any atom is 0.303 e. The fraction of sp³-hybridized carbons (Fsp3) is 0.550. The van der Waals surface area contributed by atoms with Crippen molar-refractivity contribution in [3.05, 3.63) is 48.6 Å². The molecular formula is C20H26O5. The number of aliphatic hydroxyl groups excluding tert-OH is 1. The summed E-state index contributed by atoms with van der Waals surface area (Å²) in [6.07, 6.45) is 1.97. The smallest absolute Gasteiger partial charge is 0.303 e. The van der Waals surface area contributed by atoms with Crippen LogP contribution in [0.25, 0.3) is 0 Å². The lowest BCUT2D eigenvalue weighted by atomic mass is 9.56. The fourth-order valence-electron chi connectivity index (χ4n) is 4.23. The maximum absolute atomic E-state index is 11.6. The molecule has 1 saturated carbocycles. The Labute approximate surface area is 148 Å². The van der Waals surface area contributed by atoms with Crippen LogP contribution in [-0.2, 0) is 25.6 Å². The van der Waals surface area contributed by atoms with Gasteiger partial charge in [0.1, 0.15) is 6.10 Å². The summed E-state index contributed by atoms with van der Waals surface area (Å²) in [5.41, 5.74) is -0.240. The van der Waals surface area contributed by atoms with Crippen molar-refractivity contribution in [2.75, 3.05) is 13.2 Å². The Kier molecular flexibility index (Phi) is 5.00. The molecule has 1 N–H and O–H groups in total. The molecule has 0 spiro atoms. The van der Waals surface area contributed by atoms with Crippen LogP contribution in [0.1, 0.15) is 25.8 Å². The van der Waals surface area contributed by atoms with Gasteiger partial charge >= 0.3 is 5.97 Å². The van der Waals surface area contributed by atoms with Crippen molar-refractivity contribution in [1.82, 2.24) is 0 Å². The molecule has 1 aliphatic carbocycles. The normalized spacial score (nSPS) is 36.8. The highest BCUT2D eigenvalue weighted by Gasteiger charge is 2.67. The van der Waals surface area contributed by atoms with Crippen LogP contribution in [0.2, 0.25) is 0 Å². The summed E-state index contributed by atoms with van der Waals surface area (Å²) >= 11 is 0. The van der Waals surface area contributed by atoms with Gasteiger partial charge in [-0.05, 0) is 5.56 Å². The lowest BCUT2D eigenvalue weighted by molar-refractivity contribution is -0.324. The Balaban J connectivity index is 1.83. The number of hydrogen-bond acceptors (Lipinski definition) is 5. The van der Waals surface area contributed by atoms with Crippen molar-refractivity contribution in [3.63, 3.8) is 0 Å². The van der Waals surface area contributed by atoms with E-state index in [0.717, 1.165) is 5.56 Å². The number of benzene rings is 1. The molecule has 1 saturated heterocycles. The molecule has 5 atom stereocenters. The van der Waals surface area contributed by atoms with E-state index in [-0.39, 0.29) is 30.7 Å². The van der Waals surface area contributed by atoms with Crippen molar-refractivity contribution in [1.29, 1.82) is 0 Å². The monoisotopic (exact) mass is 346 g/mol. The molecule has 2 fully saturated rings. The zero-order valence-corrected chi connectivity index (χ0v) is 14.8. The fourth-order valence-corrected chi connectivity index (χ4v) is 4.23. The van der Waals surface area contributed by atoms with E-state index >= 15 is 0 Å². The lowest BCUT2D eigenvalue weighted by Gasteiger charge is -2.62. The first kappa shape index (κ1) is 18.1. The third-order valence-corrected chi connectivity index (χ3v) is 5.77. The van der Waals surface area contributed by atoms with Gasteiger partial charge in [0.25, 0.3) is 0 Å². The highest BCUT2D eigenvalue weighted by Crippen LogP contribution is 2.55. The second-order valence-electron chi connectivity index (χ2n) is 7.17. The molecule has 3 rings (SSSR count). The van der Waals surface area contributed by atoms with E-state index < -0.39 is 11.0 Å². The number of rotatable bonds is 6. The number of ether oxygens (including phenoxy) is 3. The van der Waals surface area contributed by atoms with Gasteiger partial charge < -0.3 is 19.3 Å². The van der Waals surface area contributed by atoms with Gasteiger partial charge in [-0.15, -0.1) is 6.58 Å². The topological polar surface area (TPSA) is 65.0 Å². The average molecular weight is 346 g/mol. The van der Waals surface area contributed by atoms with Crippen LogP contribution in [0.15, 0.2) is 43.0 Å². The number of carbonyl (C=O) groups is 1. The Morgan fingerprint density at radius 3 is 2.68 bits per heavy atom. The van der Waals surface area contributed by atoms with Gasteiger partial charge in [-0.2, -0.15) is 0 Å². The highest BCUT2D eigenvalue weighted by molar-refractivity contribution is 5.67. The van der Waals surface area contributed by atoms with Gasteiger partial charge in [0.15, 0.2) is 5.60 Å². The molecule has 1 aromatic rings. The summed E-state index contributed by atoms with van der Waals surface area (Å²) in [6, 6.07) is 9.95. The molecule has 2 aliphatic rings. The first-order valence-corrected chi connectivity index (χ1v) is 8.67. The molecule has 1 aliphatic heterocycles. The Morgan fingerprint density at radius 2 is 2.16 bits per heavy atom. The summed E-state index contributed by atoms with van der Waals surface area (Å²) in [4.78, 5) is 11.6. The summed E-state index contributed by atoms with van der Waals surface area (Å²) < 4.78 is 17.6. The predicted octanol–water partition coefficient (Wildman–Crippen LogP) is 2.48. The van der Waals surface area contributed by atoms with E-state index in [1.165, 1.54) is 6.92 Å². The first-order valence-electron chi connectivity index (χ1n) is 8.67. The van der Waals surface area contributed by atoms with E-state index in [9.17, 15) is 9.90 Å². The molecule has 0 unspecified atom stereocenters. The molecule has 0 radical (unpaired) electrons. The molecule has 5 nitrogen and oxygen atoms in total.